The molecule has 0 saturated carbocycles. The number of aromatic nitrogens is 2. The van der Waals surface area contributed by atoms with Crippen molar-refractivity contribution in [2.24, 2.45) is 5.92 Å². The summed E-state index contributed by atoms with van der Waals surface area (Å²) in [6.45, 7) is 2.16. The van der Waals surface area contributed by atoms with Crippen LogP contribution in [0.4, 0.5) is 5.95 Å². The van der Waals surface area contributed by atoms with Gasteiger partial charge in [-0.05, 0) is 37.0 Å². The molecule has 3 N–H and O–H groups in total. The van der Waals surface area contributed by atoms with E-state index in [1.54, 1.807) is 17.8 Å². The van der Waals surface area contributed by atoms with Crippen LogP contribution in [-0.2, 0) is 6.42 Å². The van der Waals surface area contributed by atoms with E-state index in [9.17, 15) is 4.79 Å². The number of hydrogen-bond donors (Lipinski definition) is 2. The molecule has 22 heavy (non-hydrogen) atoms. The van der Waals surface area contributed by atoms with Crippen LogP contribution in [0.5, 0.6) is 0 Å². The molecule has 0 amide bonds. The summed E-state index contributed by atoms with van der Waals surface area (Å²) >= 11 is 13.6. The Morgan fingerprint density at radius 3 is 2.86 bits per heavy atom. The molecule has 2 atom stereocenters. The minimum atomic E-state index is -0.146. The summed E-state index contributed by atoms with van der Waals surface area (Å²) in [7, 11) is 0. The molecule has 0 aliphatic heterocycles. The van der Waals surface area contributed by atoms with E-state index >= 15 is 0 Å². The monoisotopic (exact) mass is 355 g/mol. The zero-order valence-corrected chi connectivity index (χ0v) is 14.2. The van der Waals surface area contributed by atoms with E-state index in [0.717, 1.165) is 29.0 Å². The third-order valence-corrected chi connectivity index (χ3v) is 5.68. The number of nitrogens with zero attached hydrogens (tertiary/aromatic N) is 1. The van der Waals surface area contributed by atoms with Crippen LogP contribution in [0.2, 0.25) is 10.0 Å². The molecule has 1 aliphatic carbocycles. The second kappa shape index (κ2) is 6.14. The first kappa shape index (κ1) is 15.7. The van der Waals surface area contributed by atoms with Crippen molar-refractivity contribution in [1.82, 2.24) is 9.97 Å². The summed E-state index contributed by atoms with van der Waals surface area (Å²) in [5, 5.41) is 1.07. The van der Waals surface area contributed by atoms with Crippen molar-refractivity contribution < 1.29 is 0 Å². The van der Waals surface area contributed by atoms with Crippen LogP contribution in [0.1, 0.15) is 29.9 Å². The van der Waals surface area contributed by atoms with Gasteiger partial charge in [-0.3, -0.25) is 9.78 Å². The smallest absolute Gasteiger partial charge is 0.256 e. The van der Waals surface area contributed by atoms with Gasteiger partial charge in [0.05, 0.1) is 21.3 Å². The topological polar surface area (TPSA) is 71.8 Å². The van der Waals surface area contributed by atoms with Crippen LogP contribution >= 0.6 is 35.0 Å². The zero-order chi connectivity index (χ0) is 15.9. The number of hydrogen-bond acceptors (Lipinski definition) is 4. The summed E-state index contributed by atoms with van der Waals surface area (Å²) in [6.07, 6.45) is 1.69. The molecule has 7 heteroatoms. The highest BCUT2D eigenvalue weighted by molar-refractivity contribution is 7.99. The maximum absolute atomic E-state index is 12.3. The largest absolute Gasteiger partial charge is 0.369 e. The Labute approximate surface area is 142 Å². The van der Waals surface area contributed by atoms with E-state index in [0.29, 0.717) is 16.0 Å². The summed E-state index contributed by atoms with van der Waals surface area (Å²) in [6, 6.07) is 5.51. The van der Waals surface area contributed by atoms with Gasteiger partial charge in [-0.15, -0.1) is 11.8 Å². The Morgan fingerprint density at radius 2 is 2.14 bits per heavy atom. The second-order valence-corrected chi connectivity index (χ2v) is 7.63. The third-order valence-electron chi connectivity index (χ3n) is 3.70. The molecule has 2 aromatic rings. The van der Waals surface area contributed by atoms with Crippen LogP contribution in [0.3, 0.4) is 0 Å². The molecule has 0 saturated heterocycles. The van der Waals surface area contributed by atoms with Crippen molar-refractivity contribution in [3.63, 3.8) is 0 Å². The van der Waals surface area contributed by atoms with Gasteiger partial charge in [-0.25, -0.2) is 4.98 Å². The molecule has 1 heterocycles. The fraction of sp³-hybridized carbons (Fsp3) is 0.333. The van der Waals surface area contributed by atoms with Gasteiger partial charge in [0.1, 0.15) is 0 Å². The van der Waals surface area contributed by atoms with Gasteiger partial charge in [0.2, 0.25) is 5.95 Å². The number of anilines is 1. The normalized spacial score (nSPS) is 20.7. The number of H-pyrrole nitrogens is 1. The molecule has 3 rings (SSSR count). The summed E-state index contributed by atoms with van der Waals surface area (Å²) in [5.41, 5.74) is 7.04. The van der Waals surface area contributed by atoms with E-state index in [1.807, 2.05) is 12.1 Å². The van der Waals surface area contributed by atoms with Crippen molar-refractivity contribution >= 4 is 40.9 Å². The van der Waals surface area contributed by atoms with Gasteiger partial charge in [0, 0.05) is 10.1 Å². The van der Waals surface area contributed by atoms with Crippen LogP contribution in [0.15, 0.2) is 27.9 Å². The number of nitrogen functional groups attached to an aromatic ring is 1. The number of thioether (sulfide) groups is 1. The molecule has 4 nitrogen and oxygen atoms in total. The molecular formula is C15H15Cl2N3OS. The molecule has 116 valence electrons. The molecule has 0 bridgehead atoms. The van der Waals surface area contributed by atoms with Crippen LogP contribution < -0.4 is 11.3 Å². The van der Waals surface area contributed by atoms with E-state index in [1.165, 1.54) is 0 Å². The first-order valence-corrected chi connectivity index (χ1v) is 8.58. The number of rotatable bonds is 2. The maximum Gasteiger partial charge on any atom is 0.256 e. The van der Waals surface area contributed by atoms with Gasteiger partial charge in [0.25, 0.3) is 5.56 Å². The lowest BCUT2D eigenvalue weighted by Gasteiger charge is -2.27. The highest BCUT2D eigenvalue weighted by atomic mass is 35.5. The molecule has 1 aliphatic rings. The minimum Gasteiger partial charge on any atom is -0.369 e. The Balaban J connectivity index is 1.98. The number of halogens is 2. The second-order valence-electron chi connectivity index (χ2n) is 5.54. The van der Waals surface area contributed by atoms with Gasteiger partial charge in [0.15, 0.2) is 0 Å². The average molecular weight is 356 g/mol. The number of aromatic amines is 1. The minimum absolute atomic E-state index is 0.0350. The molecule has 1 aromatic heterocycles. The van der Waals surface area contributed by atoms with Gasteiger partial charge in [-0.2, -0.15) is 0 Å². The summed E-state index contributed by atoms with van der Waals surface area (Å²) < 4.78 is 0. The predicted octanol–water partition coefficient (Wildman–Crippen LogP) is 4.07. The first-order chi connectivity index (χ1) is 10.4. The Hall–Kier alpha value is -1.17. The zero-order valence-electron chi connectivity index (χ0n) is 11.9. The van der Waals surface area contributed by atoms with Crippen LogP contribution in [0, 0.1) is 5.92 Å². The molecular weight excluding hydrogens is 341 g/mol. The number of nitrogens with two attached hydrogens (primary N) is 1. The Morgan fingerprint density at radius 1 is 1.36 bits per heavy atom. The van der Waals surface area contributed by atoms with Gasteiger partial charge < -0.3 is 5.73 Å². The highest BCUT2D eigenvalue weighted by Gasteiger charge is 2.29. The number of fused-ring (bicyclic) bond motifs is 1. The molecule has 0 radical (unpaired) electrons. The highest BCUT2D eigenvalue weighted by Crippen LogP contribution is 2.44. The molecule has 0 spiro atoms. The van der Waals surface area contributed by atoms with Crippen LogP contribution in [-0.4, -0.2) is 9.97 Å². The van der Waals surface area contributed by atoms with Gasteiger partial charge >= 0.3 is 0 Å². The Kier molecular flexibility index (Phi) is 4.39. The van der Waals surface area contributed by atoms with E-state index in [4.69, 9.17) is 28.9 Å². The fourth-order valence-electron chi connectivity index (χ4n) is 2.75. The molecule has 0 fully saturated rings. The average Bonchev–Trinajstić information content (AvgIpc) is 2.41. The van der Waals surface area contributed by atoms with Gasteiger partial charge in [-0.1, -0.05) is 30.1 Å². The third kappa shape index (κ3) is 3.12. The van der Waals surface area contributed by atoms with Crippen molar-refractivity contribution in [1.29, 1.82) is 0 Å². The molecule has 1 aromatic carbocycles. The Bertz CT molecular complexity index is 778. The molecule has 2 unspecified atom stereocenters. The summed E-state index contributed by atoms with van der Waals surface area (Å²) in [4.78, 5) is 20.2. The quantitative estimate of drug-likeness (QED) is 0.851. The maximum atomic E-state index is 12.3. The number of nitrogens with one attached hydrogen (secondary N) is 1. The van der Waals surface area contributed by atoms with Crippen LogP contribution in [0.25, 0.3) is 0 Å². The van der Waals surface area contributed by atoms with E-state index < -0.39 is 0 Å². The lowest BCUT2D eigenvalue weighted by molar-refractivity contribution is 0.482. The lowest BCUT2D eigenvalue weighted by atomic mass is 9.88. The lowest BCUT2D eigenvalue weighted by Crippen LogP contribution is -2.27. The predicted molar refractivity (Wildman–Crippen MR) is 91.8 cm³/mol. The SMILES string of the molecule is CC1Cc2nc(N)[nH]c(=O)c2C(Sc2ccc(Cl)c(Cl)c2)C1. The van der Waals surface area contributed by atoms with Crippen molar-refractivity contribution in [3.05, 3.63) is 49.9 Å². The fourth-order valence-corrected chi connectivity index (χ4v) is 4.56. The van der Waals surface area contributed by atoms with Crippen molar-refractivity contribution in [3.8, 4) is 0 Å². The van der Waals surface area contributed by atoms with E-state index in [2.05, 4.69) is 16.9 Å². The van der Waals surface area contributed by atoms with Crippen molar-refractivity contribution in [2.45, 2.75) is 29.9 Å². The van der Waals surface area contributed by atoms with E-state index in [-0.39, 0.29) is 16.8 Å². The standard InChI is InChI=1S/C15H15Cl2N3OS/c1-7-4-11-13(14(21)20-15(18)19-11)12(5-7)22-8-2-3-9(16)10(17)6-8/h2-3,6-7,12H,4-5H2,1H3,(H3,18,19,20,21). The summed E-state index contributed by atoms with van der Waals surface area (Å²) in [5.74, 6) is 0.623. The number of benzene rings is 1. The van der Waals surface area contributed by atoms with Crippen molar-refractivity contribution in [2.75, 3.05) is 5.73 Å². The first-order valence-electron chi connectivity index (χ1n) is 6.94.